The summed E-state index contributed by atoms with van der Waals surface area (Å²) in [5, 5.41) is 9.19. The van der Waals surface area contributed by atoms with E-state index in [1.165, 1.54) is 40.4 Å². The van der Waals surface area contributed by atoms with Crippen molar-refractivity contribution in [2.45, 2.75) is 31.5 Å². The van der Waals surface area contributed by atoms with E-state index in [0.29, 0.717) is 11.0 Å². The zero-order chi connectivity index (χ0) is 27.5. The smallest absolute Gasteiger partial charge is 0.449 e. The van der Waals surface area contributed by atoms with Gasteiger partial charge in [-0.2, -0.15) is 13.2 Å². The molecule has 13 heteroatoms. The molecule has 0 spiro atoms. The SMILES string of the molecule is Cn1c(=O)n(C)c2cc(-n3cc(OC(=O)O)c(=O)n(C4CCCc5c4cccc5C(F)(F)F)c3=O)ccc21. The number of hydrogen-bond donors (Lipinski definition) is 1. The number of rotatable bonds is 3. The number of fused-ring (bicyclic) bond motifs is 2. The molecule has 1 atom stereocenters. The summed E-state index contributed by atoms with van der Waals surface area (Å²) in [5.74, 6) is -0.696. The molecule has 0 saturated heterocycles. The number of imidazole rings is 1. The second-order valence-corrected chi connectivity index (χ2v) is 9.04. The molecule has 2 heterocycles. The molecule has 10 nitrogen and oxygen atoms in total. The molecule has 0 aliphatic heterocycles. The van der Waals surface area contributed by atoms with Crippen LogP contribution in [-0.2, 0) is 26.7 Å². The molecule has 1 aliphatic rings. The highest BCUT2D eigenvalue weighted by atomic mass is 19.4. The monoisotopic (exact) mass is 530 g/mol. The van der Waals surface area contributed by atoms with E-state index in [4.69, 9.17) is 0 Å². The van der Waals surface area contributed by atoms with Crippen LogP contribution in [-0.4, -0.2) is 29.5 Å². The van der Waals surface area contributed by atoms with E-state index in [1.807, 2.05) is 0 Å². The zero-order valence-corrected chi connectivity index (χ0v) is 20.2. The predicted octanol–water partition coefficient (Wildman–Crippen LogP) is 3.19. The molecule has 2 aromatic heterocycles. The number of nitrogens with zero attached hydrogens (tertiary/aromatic N) is 4. The number of ether oxygens (including phenoxy) is 1. The molecule has 198 valence electrons. The first-order chi connectivity index (χ1) is 17.9. The van der Waals surface area contributed by atoms with E-state index in [-0.39, 0.29) is 41.8 Å². The molecule has 0 fully saturated rings. The number of benzene rings is 2. The van der Waals surface area contributed by atoms with E-state index in [0.717, 1.165) is 21.4 Å². The number of halogens is 3. The topological polar surface area (TPSA) is 117 Å². The van der Waals surface area contributed by atoms with Crippen molar-refractivity contribution in [3.8, 4) is 11.4 Å². The van der Waals surface area contributed by atoms with Crippen LogP contribution < -0.4 is 21.7 Å². The minimum atomic E-state index is -4.63. The van der Waals surface area contributed by atoms with Crippen molar-refractivity contribution in [3.05, 3.63) is 90.6 Å². The quantitative estimate of drug-likeness (QED) is 0.407. The van der Waals surface area contributed by atoms with Crippen LogP contribution >= 0.6 is 0 Å². The van der Waals surface area contributed by atoms with Crippen molar-refractivity contribution in [3.63, 3.8) is 0 Å². The molecule has 1 N–H and O–H groups in total. The number of hydrogen-bond acceptors (Lipinski definition) is 5. The molecule has 0 radical (unpaired) electrons. The summed E-state index contributed by atoms with van der Waals surface area (Å²) in [7, 11) is 3.11. The van der Waals surface area contributed by atoms with Crippen LogP contribution in [0.2, 0.25) is 0 Å². The van der Waals surface area contributed by atoms with Gasteiger partial charge in [-0.15, -0.1) is 0 Å². The van der Waals surface area contributed by atoms with Crippen LogP contribution in [0.1, 0.15) is 35.6 Å². The summed E-state index contributed by atoms with van der Waals surface area (Å²) in [6.45, 7) is 0. The van der Waals surface area contributed by atoms with Crippen LogP contribution in [0.5, 0.6) is 5.75 Å². The highest BCUT2D eigenvalue weighted by Gasteiger charge is 2.37. The Morgan fingerprint density at radius 2 is 1.74 bits per heavy atom. The van der Waals surface area contributed by atoms with Gasteiger partial charge >= 0.3 is 23.7 Å². The molecule has 1 aliphatic carbocycles. The summed E-state index contributed by atoms with van der Waals surface area (Å²) in [5.41, 5.74) is -1.80. The summed E-state index contributed by atoms with van der Waals surface area (Å²) in [6.07, 6.45) is -4.97. The van der Waals surface area contributed by atoms with Gasteiger partial charge < -0.3 is 9.84 Å². The van der Waals surface area contributed by atoms with E-state index >= 15 is 0 Å². The first-order valence-corrected chi connectivity index (χ1v) is 11.5. The van der Waals surface area contributed by atoms with Gasteiger partial charge in [0.25, 0.3) is 5.56 Å². The van der Waals surface area contributed by atoms with Gasteiger partial charge in [0, 0.05) is 14.1 Å². The number of aromatic nitrogens is 4. The van der Waals surface area contributed by atoms with Gasteiger partial charge in [-0.25, -0.2) is 19.0 Å². The predicted molar refractivity (Wildman–Crippen MR) is 129 cm³/mol. The molecule has 5 rings (SSSR count). The zero-order valence-electron chi connectivity index (χ0n) is 20.2. The van der Waals surface area contributed by atoms with Crippen molar-refractivity contribution in [1.29, 1.82) is 0 Å². The number of alkyl halides is 3. The Balaban J connectivity index is 1.78. The summed E-state index contributed by atoms with van der Waals surface area (Å²) in [6, 6.07) is 7.09. The third-order valence-corrected chi connectivity index (χ3v) is 6.91. The molecule has 0 amide bonds. The highest BCUT2D eigenvalue weighted by Crippen LogP contribution is 2.40. The third-order valence-electron chi connectivity index (χ3n) is 6.91. The fraction of sp³-hybridized carbons (Fsp3) is 0.280. The first kappa shape index (κ1) is 25.1. The Bertz CT molecular complexity index is 1790. The lowest BCUT2D eigenvalue weighted by Crippen LogP contribution is -2.43. The van der Waals surface area contributed by atoms with Crippen LogP contribution in [0.25, 0.3) is 16.7 Å². The van der Waals surface area contributed by atoms with Crippen LogP contribution in [0, 0.1) is 0 Å². The first-order valence-electron chi connectivity index (χ1n) is 11.5. The lowest BCUT2D eigenvalue weighted by atomic mass is 9.84. The van der Waals surface area contributed by atoms with Crippen LogP contribution in [0.15, 0.2) is 57.0 Å². The van der Waals surface area contributed by atoms with E-state index in [1.54, 1.807) is 13.1 Å². The minimum absolute atomic E-state index is 0.0145. The fourth-order valence-electron chi connectivity index (χ4n) is 5.18. The average Bonchev–Trinajstić information content (AvgIpc) is 3.08. The van der Waals surface area contributed by atoms with Crippen molar-refractivity contribution in [2.75, 3.05) is 0 Å². The highest BCUT2D eigenvalue weighted by molar-refractivity contribution is 5.78. The molecular weight excluding hydrogens is 509 g/mol. The Labute approximate surface area is 211 Å². The van der Waals surface area contributed by atoms with Gasteiger partial charge in [0.15, 0.2) is 0 Å². The third kappa shape index (κ3) is 3.90. The summed E-state index contributed by atoms with van der Waals surface area (Å²) >= 11 is 0. The van der Waals surface area contributed by atoms with Crippen LogP contribution in [0.4, 0.5) is 18.0 Å². The lowest BCUT2D eigenvalue weighted by molar-refractivity contribution is -0.138. The molecule has 1 unspecified atom stereocenters. The standard InChI is InChI=1S/C25H21F3N4O6/c1-29-18-10-9-13(11-19(18)30(2)22(29)34)31-12-20(38-24(36)37)21(33)32(23(31)35)17-8-4-5-14-15(17)6-3-7-16(14)25(26,27)28/h3,6-7,9-12,17H,4-5,8H2,1-2H3,(H,36,37). The Morgan fingerprint density at radius 3 is 2.42 bits per heavy atom. The second-order valence-electron chi connectivity index (χ2n) is 9.04. The van der Waals surface area contributed by atoms with Crippen LogP contribution in [0.3, 0.4) is 0 Å². The maximum Gasteiger partial charge on any atom is 0.511 e. The van der Waals surface area contributed by atoms with E-state index in [9.17, 15) is 37.5 Å². The maximum atomic E-state index is 13.7. The average molecular weight is 530 g/mol. The van der Waals surface area contributed by atoms with Gasteiger partial charge in [-0.05, 0) is 54.7 Å². The Hall–Kier alpha value is -4.55. The van der Waals surface area contributed by atoms with Gasteiger partial charge in [0.2, 0.25) is 5.75 Å². The lowest BCUT2D eigenvalue weighted by Gasteiger charge is -2.29. The molecule has 0 bridgehead atoms. The van der Waals surface area contributed by atoms with E-state index in [2.05, 4.69) is 4.74 Å². The molecule has 0 saturated carbocycles. The maximum absolute atomic E-state index is 13.7. The van der Waals surface area contributed by atoms with Crippen molar-refractivity contribution in [1.82, 2.24) is 18.3 Å². The Morgan fingerprint density at radius 1 is 1.03 bits per heavy atom. The van der Waals surface area contributed by atoms with Gasteiger partial charge in [0.1, 0.15) is 0 Å². The summed E-state index contributed by atoms with van der Waals surface area (Å²) in [4.78, 5) is 50.7. The molecule has 4 aromatic rings. The summed E-state index contributed by atoms with van der Waals surface area (Å²) < 4.78 is 50.3. The molecule has 38 heavy (non-hydrogen) atoms. The van der Waals surface area contributed by atoms with Crippen molar-refractivity contribution < 1.29 is 27.8 Å². The van der Waals surface area contributed by atoms with E-state index < -0.39 is 40.9 Å². The molecular formula is C25H21F3N4O6. The second kappa shape index (κ2) is 8.78. The number of carboxylic acid groups (broad SMARTS) is 1. The van der Waals surface area contributed by atoms with Gasteiger partial charge in [-0.1, -0.05) is 12.1 Å². The number of aryl methyl sites for hydroxylation is 2. The minimum Gasteiger partial charge on any atom is -0.449 e. The van der Waals surface area contributed by atoms with Gasteiger partial charge in [-0.3, -0.25) is 18.5 Å². The fourth-order valence-corrected chi connectivity index (χ4v) is 5.18. The normalized spacial score (nSPS) is 15.4. The Kier molecular flexibility index (Phi) is 5.80. The van der Waals surface area contributed by atoms with Gasteiger partial charge in [0.05, 0.1) is 34.5 Å². The van der Waals surface area contributed by atoms with Crippen molar-refractivity contribution >= 4 is 17.2 Å². The number of carbonyl (C=O) groups is 1. The van der Waals surface area contributed by atoms with Crippen molar-refractivity contribution in [2.24, 2.45) is 14.1 Å². The largest absolute Gasteiger partial charge is 0.511 e. The molecule has 2 aromatic carbocycles.